The number of quaternary nitrogens is 1. The fourth-order valence-electron chi connectivity index (χ4n) is 4.96. The van der Waals surface area contributed by atoms with E-state index in [4.69, 9.17) is 14.0 Å². The Morgan fingerprint density at radius 1 is 1.00 bits per heavy atom. The minimum Gasteiger partial charge on any atom is -0.507 e. The number of sulfonamides is 1. The Morgan fingerprint density at radius 3 is 1.98 bits per heavy atom. The number of methoxy groups -OCH3 is 2. The zero-order valence-corrected chi connectivity index (χ0v) is 25.3. The van der Waals surface area contributed by atoms with E-state index in [9.17, 15) is 21.6 Å². The van der Waals surface area contributed by atoms with Gasteiger partial charge in [-0.2, -0.15) is 12.6 Å². The molecule has 224 valence electrons. The lowest BCUT2D eigenvalue weighted by Crippen LogP contribution is -2.52. The summed E-state index contributed by atoms with van der Waals surface area (Å²) in [6.45, 7) is 11.5. The van der Waals surface area contributed by atoms with Crippen molar-refractivity contribution in [2.45, 2.75) is 50.0 Å². The average molecular weight is 602 g/mol. The molecule has 0 amide bonds. The molecular weight excluding hydrogens is 559 g/mol. The van der Waals surface area contributed by atoms with Gasteiger partial charge in [0, 0.05) is 19.8 Å². The number of nitrogens with zero attached hydrogens (tertiary/aromatic N) is 2. The van der Waals surface area contributed by atoms with Crippen molar-refractivity contribution in [3.8, 4) is 0 Å². The van der Waals surface area contributed by atoms with Gasteiger partial charge in [0.1, 0.15) is 31.9 Å². The van der Waals surface area contributed by atoms with Gasteiger partial charge in [0.15, 0.2) is 0 Å². The molecule has 0 saturated carbocycles. The summed E-state index contributed by atoms with van der Waals surface area (Å²) < 4.78 is 70.0. The van der Waals surface area contributed by atoms with E-state index in [1.807, 2.05) is 6.92 Å². The first-order valence-electron chi connectivity index (χ1n) is 13.1. The summed E-state index contributed by atoms with van der Waals surface area (Å²) in [5, 5.41) is 10.0. The maximum atomic E-state index is 12.9. The maximum Gasteiger partial charge on any atom is 0.342 e. The predicted octanol–water partition coefficient (Wildman–Crippen LogP) is 5.57. The highest BCUT2D eigenvalue weighted by molar-refractivity contribution is 7.98. The zero-order chi connectivity index (χ0) is 30.0. The van der Waals surface area contributed by atoms with Gasteiger partial charge in [0.2, 0.25) is 0 Å². The third-order valence-corrected chi connectivity index (χ3v) is 9.48. The largest absolute Gasteiger partial charge is 0.507 e. The monoisotopic (exact) mass is 601 g/mol. The van der Waals surface area contributed by atoms with Crippen LogP contribution in [0.25, 0.3) is 0 Å². The van der Waals surface area contributed by atoms with Crippen molar-refractivity contribution >= 4 is 20.4 Å². The van der Waals surface area contributed by atoms with Gasteiger partial charge in [-0.25, -0.2) is 0 Å². The molecule has 0 aliphatic carbocycles. The van der Waals surface area contributed by atoms with Crippen LogP contribution >= 0.6 is 0 Å². The Kier molecular flexibility index (Phi) is 12.7. The van der Waals surface area contributed by atoms with Crippen LogP contribution in [0.15, 0.2) is 69.5 Å². The van der Waals surface area contributed by atoms with Gasteiger partial charge in [0.05, 0.1) is 18.1 Å². The number of benzene rings is 2. The molecule has 0 aliphatic heterocycles. The predicted molar refractivity (Wildman–Crippen MR) is 155 cm³/mol. The Morgan fingerprint density at radius 2 is 1.52 bits per heavy atom. The molecule has 9 nitrogen and oxygen atoms in total. The van der Waals surface area contributed by atoms with Gasteiger partial charge in [-0.3, -0.25) is 4.55 Å². The molecule has 3 unspecified atom stereocenters. The molecule has 0 aliphatic rings. The van der Waals surface area contributed by atoms with Crippen LogP contribution in [0, 0.1) is 0 Å². The van der Waals surface area contributed by atoms with Gasteiger partial charge < -0.3 is 19.1 Å². The van der Waals surface area contributed by atoms with E-state index in [1.165, 1.54) is 17.7 Å². The van der Waals surface area contributed by atoms with Crippen LogP contribution in [0.1, 0.15) is 55.2 Å². The van der Waals surface area contributed by atoms with E-state index >= 15 is 0 Å². The van der Waals surface area contributed by atoms with Crippen molar-refractivity contribution in [3.05, 3.63) is 77.6 Å². The van der Waals surface area contributed by atoms with Crippen LogP contribution in [0.2, 0.25) is 0 Å². The number of rotatable bonds is 17. The van der Waals surface area contributed by atoms with E-state index in [0.29, 0.717) is 43.9 Å². The molecule has 0 spiro atoms. The molecule has 40 heavy (non-hydrogen) atoms. The van der Waals surface area contributed by atoms with Gasteiger partial charge in [-0.05, 0) is 47.9 Å². The lowest BCUT2D eigenvalue weighted by atomic mass is 9.84. The SMILES string of the molecule is C=C(O)C[N+](CCOC)(CCOC)Cc1ccc(C(CC)CC(C)c2ccc(S(=O)(=O)N=S(=O)(O)F)cc2)cc1. The van der Waals surface area contributed by atoms with E-state index in [0.717, 1.165) is 24.0 Å². The standard InChI is InChI=1S/C28H41FN2O7S2/c1-6-25(19-22(2)26-11-13-28(14-12-26)39(33,34)30-40(29,35)36)27-9-7-24(8-10-27)21-31(15-17-37-4,16-18-38-5)20-23(3)32/h7-14,22,25H,3,6,15-21H2,1-2,4-5H3,(H-,30,32,35,36)/p+1. The first-order chi connectivity index (χ1) is 18.7. The normalized spacial score (nSPS) is 15.2. The highest BCUT2D eigenvalue weighted by Gasteiger charge is 2.29. The van der Waals surface area contributed by atoms with Crippen LogP contribution in [0.4, 0.5) is 3.89 Å². The Hall–Kier alpha value is -2.35. The lowest BCUT2D eigenvalue weighted by molar-refractivity contribution is -0.938. The third kappa shape index (κ3) is 10.6. The second-order valence-corrected chi connectivity index (χ2v) is 13.1. The summed E-state index contributed by atoms with van der Waals surface area (Å²) in [6, 6.07) is 14.3. The molecule has 2 aromatic carbocycles. The Balaban J connectivity index is 2.19. The van der Waals surface area contributed by atoms with Gasteiger partial charge in [0.25, 0.3) is 10.0 Å². The first-order valence-corrected chi connectivity index (χ1v) is 15.9. The molecule has 3 atom stereocenters. The van der Waals surface area contributed by atoms with Crippen LogP contribution < -0.4 is 0 Å². The van der Waals surface area contributed by atoms with Crippen LogP contribution in [0.3, 0.4) is 0 Å². The number of hydrogen-bond donors (Lipinski definition) is 2. The molecule has 0 saturated heterocycles. The molecule has 0 fully saturated rings. The summed E-state index contributed by atoms with van der Waals surface area (Å²) in [6.07, 6.45) is 1.72. The quantitative estimate of drug-likeness (QED) is 0.138. The number of hydrogen-bond acceptors (Lipinski definition) is 6. The third-order valence-electron chi connectivity index (χ3n) is 7.09. The number of aliphatic hydroxyl groups excluding tert-OH is 1. The van der Waals surface area contributed by atoms with E-state index in [1.54, 1.807) is 26.4 Å². The zero-order valence-electron chi connectivity index (χ0n) is 23.7. The molecule has 0 heterocycles. The Bertz CT molecular complexity index is 1310. The van der Waals surface area contributed by atoms with Crippen molar-refractivity contribution in [2.75, 3.05) is 47.1 Å². The minimum absolute atomic E-state index is 0.0875. The molecular formula is C28H42FN2O7S2+. The van der Waals surface area contributed by atoms with Crippen LogP contribution in [0.5, 0.6) is 0 Å². The molecule has 2 aromatic rings. The van der Waals surface area contributed by atoms with Crippen molar-refractivity contribution in [3.63, 3.8) is 0 Å². The number of aliphatic hydroxyl groups is 1. The average Bonchev–Trinajstić information content (AvgIpc) is 2.88. The number of ether oxygens (including phenoxy) is 2. The summed E-state index contributed by atoms with van der Waals surface area (Å²) in [5.74, 6) is 0.468. The van der Waals surface area contributed by atoms with Crippen molar-refractivity contribution in [2.24, 2.45) is 3.77 Å². The molecule has 2 N–H and O–H groups in total. The molecule has 12 heteroatoms. The fourth-order valence-corrected chi connectivity index (χ4v) is 6.75. The van der Waals surface area contributed by atoms with Gasteiger partial charge >= 0.3 is 10.4 Å². The van der Waals surface area contributed by atoms with Gasteiger partial charge in [-0.1, -0.05) is 64.5 Å². The van der Waals surface area contributed by atoms with Crippen molar-refractivity contribution < 1.29 is 40.1 Å². The lowest BCUT2D eigenvalue weighted by Gasteiger charge is -2.38. The fraction of sp³-hybridized carbons (Fsp3) is 0.500. The van der Waals surface area contributed by atoms with E-state index in [2.05, 4.69) is 41.5 Å². The first kappa shape index (κ1) is 33.9. The second-order valence-electron chi connectivity index (χ2n) is 10.2. The summed E-state index contributed by atoms with van der Waals surface area (Å²) in [4.78, 5) is -0.347. The minimum atomic E-state index is -5.27. The van der Waals surface area contributed by atoms with Crippen LogP contribution in [-0.2, 0) is 36.4 Å². The summed E-state index contributed by atoms with van der Waals surface area (Å²) >= 11 is 0. The summed E-state index contributed by atoms with van der Waals surface area (Å²) in [5.41, 5.74) is 3.21. The highest BCUT2D eigenvalue weighted by atomic mass is 32.3. The maximum absolute atomic E-state index is 12.9. The topological polar surface area (TPSA) is 122 Å². The van der Waals surface area contributed by atoms with Gasteiger partial charge in [-0.15, -0.1) is 0 Å². The Labute approximate surface area is 238 Å². The molecule has 0 radical (unpaired) electrons. The second kappa shape index (κ2) is 15.0. The number of halogens is 1. The van der Waals surface area contributed by atoms with Crippen molar-refractivity contribution in [1.29, 1.82) is 0 Å². The summed E-state index contributed by atoms with van der Waals surface area (Å²) in [7, 11) is -6.53. The molecule has 2 rings (SSSR count). The van der Waals surface area contributed by atoms with E-state index in [-0.39, 0.29) is 22.5 Å². The van der Waals surface area contributed by atoms with E-state index < -0.39 is 20.4 Å². The highest BCUT2D eigenvalue weighted by Crippen LogP contribution is 2.33. The van der Waals surface area contributed by atoms with Crippen LogP contribution in [-0.4, -0.2) is 73.8 Å². The molecule has 0 aromatic heterocycles. The molecule has 0 bridgehead atoms. The van der Waals surface area contributed by atoms with Crippen molar-refractivity contribution in [1.82, 2.24) is 0 Å². The smallest absolute Gasteiger partial charge is 0.342 e.